The van der Waals surface area contributed by atoms with Crippen LogP contribution in [0.5, 0.6) is 0 Å². The van der Waals surface area contributed by atoms with Crippen LogP contribution in [0.25, 0.3) is 11.4 Å². The summed E-state index contributed by atoms with van der Waals surface area (Å²) in [5.41, 5.74) is 2.73. The number of hydrogen-bond donors (Lipinski definition) is 0. The summed E-state index contributed by atoms with van der Waals surface area (Å²) in [7, 11) is 0. The van der Waals surface area contributed by atoms with Crippen LogP contribution in [-0.4, -0.2) is 27.5 Å². The van der Waals surface area contributed by atoms with E-state index < -0.39 is 5.82 Å². The van der Waals surface area contributed by atoms with Gasteiger partial charge < -0.3 is 9.42 Å². The summed E-state index contributed by atoms with van der Waals surface area (Å²) >= 11 is 5.70. The summed E-state index contributed by atoms with van der Waals surface area (Å²) in [6.45, 7) is 3.10. The van der Waals surface area contributed by atoms with Gasteiger partial charge in [-0.15, -0.1) is 0 Å². The third kappa shape index (κ3) is 3.71. The molecule has 1 fully saturated rings. The molecular weight excluding hydrogens is 369 g/mol. The summed E-state index contributed by atoms with van der Waals surface area (Å²) in [5.74, 6) is 0.0194. The molecule has 2 aromatic carbocycles. The first-order valence-corrected chi connectivity index (χ1v) is 9.00. The van der Waals surface area contributed by atoms with Gasteiger partial charge in [-0.05, 0) is 30.7 Å². The fourth-order valence-electron chi connectivity index (χ4n) is 3.27. The van der Waals surface area contributed by atoms with Crippen LogP contribution in [0.15, 0.2) is 47.0 Å². The number of carbonyl (C=O) groups is 1. The molecule has 1 aliphatic heterocycles. The normalized spacial score (nSPS) is 16.9. The Hall–Kier alpha value is -2.73. The average Bonchev–Trinajstić information content (AvgIpc) is 3.25. The highest BCUT2D eigenvalue weighted by Crippen LogP contribution is 2.30. The quantitative estimate of drug-likeness (QED) is 0.669. The number of nitrogens with zero attached hydrogens (tertiary/aromatic N) is 3. The fourth-order valence-corrected chi connectivity index (χ4v) is 3.39. The summed E-state index contributed by atoms with van der Waals surface area (Å²) in [6, 6.07) is 12.4. The van der Waals surface area contributed by atoms with Gasteiger partial charge in [0.1, 0.15) is 5.82 Å². The summed E-state index contributed by atoms with van der Waals surface area (Å²) in [4.78, 5) is 18.5. The van der Waals surface area contributed by atoms with Crippen LogP contribution in [0.3, 0.4) is 0 Å². The molecule has 0 bridgehead atoms. The predicted octanol–water partition coefficient (Wildman–Crippen LogP) is 4.35. The molecule has 1 unspecified atom stereocenters. The topological polar surface area (TPSA) is 59.2 Å². The Morgan fingerprint density at radius 3 is 2.93 bits per heavy atom. The van der Waals surface area contributed by atoms with Crippen molar-refractivity contribution in [3.05, 3.63) is 70.3 Å². The first-order chi connectivity index (χ1) is 13.0. The number of rotatable bonds is 4. The van der Waals surface area contributed by atoms with Crippen molar-refractivity contribution in [2.45, 2.75) is 25.8 Å². The van der Waals surface area contributed by atoms with Crippen LogP contribution in [0.4, 0.5) is 4.39 Å². The number of aryl methyl sites for hydroxylation is 1. The van der Waals surface area contributed by atoms with E-state index in [1.54, 1.807) is 11.0 Å². The molecular formula is C20H17ClFN3O2. The molecule has 1 atom stereocenters. The van der Waals surface area contributed by atoms with E-state index in [0.29, 0.717) is 31.0 Å². The standard InChI is InChI=1S/C20H17ClFN3O2/c1-12-3-2-4-13(7-12)10-25-11-15(9-18(25)26)20-23-19(24-27-20)14-5-6-16(21)17(22)8-14/h2-8,15H,9-11H2,1H3. The highest BCUT2D eigenvalue weighted by molar-refractivity contribution is 6.30. The Labute approximate surface area is 160 Å². The molecule has 1 saturated heterocycles. The van der Waals surface area contributed by atoms with Gasteiger partial charge in [0, 0.05) is 25.1 Å². The third-order valence-electron chi connectivity index (χ3n) is 4.64. The zero-order chi connectivity index (χ0) is 19.0. The van der Waals surface area contributed by atoms with Gasteiger partial charge in [-0.1, -0.05) is 46.6 Å². The molecule has 27 heavy (non-hydrogen) atoms. The smallest absolute Gasteiger partial charge is 0.232 e. The molecule has 0 radical (unpaired) electrons. The van der Waals surface area contributed by atoms with E-state index in [2.05, 4.69) is 16.2 Å². The molecule has 0 N–H and O–H groups in total. The number of likely N-dealkylation sites (tertiary alicyclic amines) is 1. The van der Waals surface area contributed by atoms with E-state index in [1.807, 2.05) is 25.1 Å². The van der Waals surface area contributed by atoms with E-state index >= 15 is 0 Å². The average molecular weight is 386 g/mol. The minimum atomic E-state index is -0.541. The van der Waals surface area contributed by atoms with E-state index in [-0.39, 0.29) is 22.7 Å². The second-order valence-electron chi connectivity index (χ2n) is 6.75. The van der Waals surface area contributed by atoms with Gasteiger partial charge in [0.05, 0.1) is 10.9 Å². The molecule has 1 amide bonds. The molecule has 0 spiro atoms. The molecule has 2 heterocycles. The Kier molecular flexibility index (Phi) is 4.66. The molecule has 1 aliphatic rings. The summed E-state index contributed by atoms with van der Waals surface area (Å²) in [6.07, 6.45) is 0.322. The largest absolute Gasteiger partial charge is 0.339 e. The van der Waals surface area contributed by atoms with Crippen molar-refractivity contribution in [3.8, 4) is 11.4 Å². The second-order valence-corrected chi connectivity index (χ2v) is 7.16. The molecule has 7 heteroatoms. The Morgan fingerprint density at radius 2 is 2.15 bits per heavy atom. The predicted molar refractivity (Wildman–Crippen MR) is 98.7 cm³/mol. The van der Waals surface area contributed by atoms with Crippen molar-refractivity contribution < 1.29 is 13.7 Å². The van der Waals surface area contributed by atoms with Gasteiger partial charge in [-0.25, -0.2) is 4.39 Å². The van der Waals surface area contributed by atoms with Crippen molar-refractivity contribution in [2.24, 2.45) is 0 Å². The van der Waals surface area contributed by atoms with E-state index in [1.165, 1.54) is 12.1 Å². The lowest BCUT2D eigenvalue weighted by Gasteiger charge is -2.16. The Morgan fingerprint density at radius 1 is 1.30 bits per heavy atom. The van der Waals surface area contributed by atoms with Crippen molar-refractivity contribution in [3.63, 3.8) is 0 Å². The maximum Gasteiger partial charge on any atom is 0.232 e. The van der Waals surface area contributed by atoms with Gasteiger partial charge >= 0.3 is 0 Å². The second kappa shape index (κ2) is 7.12. The van der Waals surface area contributed by atoms with Crippen molar-refractivity contribution in [1.29, 1.82) is 0 Å². The van der Waals surface area contributed by atoms with Crippen molar-refractivity contribution >= 4 is 17.5 Å². The molecule has 0 aliphatic carbocycles. The lowest BCUT2D eigenvalue weighted by atomic mass is 10.1. The first-order valence-electron chi connectivity index (χ1n) is 8.62. The highest BCUT2D eigenvalue weighted by Gasteiger charge is 2.34. The molecule has 138 valence electrons. The van der Waals surface area contributed by atoms with Gasteiger partial charge in [-0.3, -0.25) is 4.79 Å². The van der Waals surface area contributed by atoms with Crippen LogP contribution < -0.4 is 0 Å². The fraction of sp³-hybridized carbons (Fsp3) is 0.250. The van der Waals surface area contributed by atoms with Crippen LogP contribution in [0, 0.1) is 12.7 Å². The number of amides is 1. The highest BCUT2D eigenvalue weighted by atomic mass is 35.5. The number of aromatic nitrogens is 2. The maximum absolute atomic E-state index is 13.6. The first kappa shape index (κ1) is 17.7. The monoisotopic (exact) mass is 385 g/mol. The van der Waals surface area contributed by atoms with E-state index in [4.69, 9.17) is 16.1 Å². The summed E-state index contributed by atoms with van der Waals surface area (Å²) in [5, 5.41) is 3.96. The van der Waals surface area contributed by atoms with Gasteiger partial charge in [-0.2, -0.15) is 4.98 Å². The third-order valence-corrected chi connectivity index (χ3v) is 4.95. The summed E-state index contributed by atoms with van der Waals surface area (Å²) < 4.78 is 19.0. The number of benzene rings is 2. The lowest BCUT2D eigenvalue weighted by Crippen LogP contribution is -2.24. The lowest BCUT2D eigenvalue weighted by molar-refractivity contribution is -0.128. The molecule has 5 nitrogen and oxygen atoms in total. The van der Waals surface area contributed by atoms with Gasteiger partial charge in [0.15, 0.2) is 0 Å². The number of hydrogen-bond acceptors (Lipinski definition) is 4. The van der Waals surface area contributed by atoms with Crippen LogP contribution in [-0.2, 0) is 11.3 Å². The van der Waals surface area contributed by atoms with E-state index in [0.717, 1.165) is 11.1 Å². The number of carbonyl (C=O) groups excluding carboxylic acids is 1. The minimum absolute atomic E-state index is 0.0376. The Bertz CT molecular complexity index is 1000. The van der Waals surface area contributed by atoms with Gasteiger partial charge in [0.2, 0.25) is 17.6 Å². The van der Waals surface area contributed by atoms with Crippen molar-refractivity contribution in [2.75, 3.05) is 6.54 Å². The minimum Gasteiger partial charge on any atom is -0.339 e. The molecule has 0 saturated carbocycles. The zero-order valence-electron chi connectivity index (χ0n) is 14.7. The maximum atomic E-state index is 13.6. The SMILES string of the molecule is Cc1cccc(CN2CC(c3nc(-c4ccc(Cl)c(F)c4)no3)CC2=O)c1. The van der Waals surface area contributed by atoms with Crippen LogP contribution in [0.2, 0.25) is 5.02 Å². The van der Waals surface area contributed by atoms with Crippen LogP contribution >= 0.6 is 11.6 Å². The van der Waals surface area contributed by atoms with Crippen molar-refractivity contribution in [1.82, 2.24) is 15.0 Å². The zero-order valence-corrected chi connectivity index (χ0v) is 15.4. The Balaban J connectivity index is 1.49. The number of halogens is 2. The molecule has 1 aromatic heterocycles. The van der Waals surface area contributed by atoms with Gasteiger partial charge in [0.25, 0.3) is 0 Å². The van der Waals surface area contributed by atoms with Crippen LogP contribution in [0.1, 0.15) is 29.4 Å². The van der Waals surface area contributed by atoms with E-state index in [9.17, 15) is 9.18 Å². The molecule has 3 aromatic rings. The molecule has 4 rings (SSSR count).